The molecule has 1 amide bonds. The van der Waals surface area contributed by atoms with Crippen LogP contribution in [0.5, 0.6) is 0 Å². The lowest BCUT2D eigenvalue weighted by Crippen LogP contribution is -2.13. The third kappa shape index (κ3) is 2.75. The molecule has 0 aliphatic carbocycles. The molecule has 0 aliphatic rings. The van der Waals surface area contributed by atoms with Crippen molar-refractivity contribution in [3.05, 3.63) is 46.1 Å². The molecular weight excluding hydrogens is 268 g/mol. The van der Waals surface area contributed by atoms with Crippen molar-refractivity contribution in [2.24, 2.45) is 0 Å². The van der Waals surface area contributed by atoms with E-state index in [9.17, 15) is 9.18 Å². The van der Waals surface area contributed by atoms with Gasteiger partial charge in [0, 0.05) is 0 Å². The number of pyridine rings is 1. The second kappa shape index (κ2) is 4.73. The van der Waals surface area contributed by atoms with Crippen molar-refractivity contribution in [3.8, 4) is 0 Å². The Bertz CT molecular complexity index is 551. The number of aromatic nitrogens is 2. The highest BCUT2D eigenvalue weighted by atomic mass is 35.5. The molecule has 0 fully saturated rings. The number of halogens is 3. The van der Waals surface area contributed by atoms with Crippen LogP contribution < -0.4 is 5.32 Å². The minimum atomic E-state index is -0.676. The second-order valence-electron chi connectivity index (χ2n) is 3.14. The summed E-state index contributed by atoms with van der Waals surface area (Å²) in [4.78, 5) is 17.7. The number of hydrogen-bond donors (Lipinski definition) is 2. The summed E-state index contributed by atoms with van der Waals surface area (Å²) < 4.78 is 12.8. The Morgan fingerprint density at radius 1 is 1.41 bits per heavy atom. The number of anilines is 1. The fourth-order valence-electron chi connectivity index (χ4n) is 1.19. The summed E-state index contributed by atoms with van der Waals surface area (Å²) in [5, 5.41) is 2.81. The molecule has 2 N–H and O–H groups in total. The molecule has 0 saturated carbocycles. The van der Waals surface area contributed by atoms with Crippen LogP contribution in [-0.4, -0.2) is 15.9 Å². The summed E-state index contributed by atoms with van der Waals surface area (Å²) in [6, 6.07) is 5.45. The molecule has 0 atom stereocenters. The number of nitrogens with one attached hydrogen (secondary N) is 2. The second-order valence-corrected chi connectivity index (χ2v) is 3.93. The Kier molecular flexibility index (Phi) is 3.31. The van der Waals surface area contributed by atoms with Crippen LogP contribution in [0.3, 0.4) is 0 Å². The van der Waals surface area contributed by atoms with Crippen molar-refractivity contribution in [2.75, 3.05) is 5.32 Å². The molecule has 2 heterocycles. The fourth-order valence-corrected chi connectivity index (χ4v) is 1.50. The summed E-state index contributed by atoms with van der Waals surface area (Å²) in [7, 11) is 0. The van der Waals surface area contributed by atoms with Crippen LogP contribution in [-0.2, 0) is 0 Å². The van der Waals surface area contributed by atoms with E-state index in [1.54, 1.807) is 0 Å². The van der Waals surface area contributed by atoms with Crippen molar-refractivity contribution in [3.63, 3.8) is 0 Å². The third-order valence-corrected chi connectivity index (χ3v) is 2.62. The minimum absolute atomic E-state index is 0.108. The molecule has 0 aliphatic heterocycles. The van der Waals surface area contributed by atoms with E-state index in [1.807, 2.05) is 0 Å². The van der Waals surface area contributed by atoms with E-state index >= 15 is 0 Å². The molecule has 2 aromatic rings. The molecule has 7 heteroatoms. The number of nitrogens with zero attached hydrogens (tertiary/aromatic N) is 1. The maximum absolute atomic E-state index is 12.8. The summed E-state index contributed by atoms with van der Waals surface area (Å²) in [6.07, 6.45) is 0. The van der Waals surface area contributed by atoms with Crippen LogP contribution >= 0.6 is 23.2 Å². The van der Waals surface area contributed by atoms with Gasteiger partial charge in [0.15, 0.2) is 0 Å². The van der Waals surface area contributed by atoms with E-state index in [-0.39, 0.29) is 21.7 Å². The van der Waals surface area contributed by atoms with Gasteiger partial charge >= 0.3 is 0 Å². The first kappa shape index (κ1) is 11.9. The van der Waals surface area contributed by atoms with Crippen LogP contribution in [0.1, 0.15) is 10.5 Å². The van der Waals surface area contributed by atoms with Crippen LogP contribution in [0.25, 0.3) is 0 Å². The SMILES string of the molecule is O=C(Nc1cccc(F)n1)c1cc(Cl)c(Cl)[nH]1. The van der Waals surface area contributed by atoms with Crippen LogP contribution in [0.15, 0.2) is 24.3 Å². The van der Waals surface area contributed by atoms with Gasteiger partial charge in [0.25, 0.3) is 5.91 Å². The third-order valence-electron chi connectivity index (χ3n) is 1.93. The van der Waals surface area contributed by atoms with E-state index in [0.717, 1.165) is 0 Å². The molecule has 0 aromatic carbocycles. The summed E-state index contributed by atoms with van der Waals surface area (Å²) in [6.45, 7) is 0. The molecule has 4 nitrogen and oxygen atoms in total. The van der Waals surface area contributed by atoms with Gasteiger partial charge in [-0.15, -0.1) is 0 Å². The van der Waals surface area contributed by atoms with Gasteiger partial charge in [-0.05, 0) is 18.2 Å². The molecule has 0 bridgehead atoms. The molecule has 0 radical (unpaired) electrons. The topological polar surface area (TPSA) is 57.8 Å². The molecule has 2 rings (SSSR count). The molecule has 2 aromatic heterocycles. The number of H-pyrrole nitrogens is 1. The maximum Gasteiger partial charge on any atom is 0.273 e. The molecule has 17 heavy (non-hydrogen) atoms. The summed E-state index contributed by atoms with van der Waals surface area (Å²) >= 11 is 11.3. The van der Waals surface area contributed by atoms with Gasteiger partial charge in [-0.2, -0.15) is 4.39 Å². The van der Waals surface area contributed by atoms with E-state index in [1.165, 1.54) is 24.3 Å². The number of carbonyl (C=O) groups excluding carboxylic acids is 1. The zero-order valence-electron chi connectivity index (χ0n) is 8.30. The standard InChI is InChI=1S/C10H6Cl2FN3O/c11-5-4-6(14-9(5)12)10(17)16-8-3-1-2-7(13)15-8/h1-4,14H,(H,15,16,17). The summed E-state index contributed by atoms with van der Waals surface area (Å²) in [5.74, 6) is -1.07. The van der Waals surface area contributed by atoms with Gasteiger partial charge < -0.3 is 10.3 Å². The van der Waals surface area contributed by atoms with Crippen molar-refractivity contribution >= 4 is 34.9 Å². The normalized spacial score (nSPS) is 10.3. The first-order chi connectivity index (χ1) is 8.06. The number of aromatic amines is 1. The number of hydrogen-bond acceptors (Lipinski definition) is 2. The Labute approximate surface area is 106 Å². The molecule has 88 valence electrons. The first-order valence-electron chi connectivity index (χ1n) is 4.54. The lowest BCUT2D eigenvalue weighted by atomic mass is 10.4. The highest BCUT2D eigenvalue weighted by Gasteiger charge is 2.12. The van der Waals surface area contributed by atoms with Crippen LogP contribution in [0, 0.1) is 5.95 Å². The van der Waals surface area contributed by atoms with E-state index in [2.05, 4.69) is 15.3 Å². The predicted molar refractivity (Wildman–Crippen MR) is 63.0 cm³/mol. The van der Waals surface area contributed by atoms with Gasteiger partial charge in [-0.25, -0.2) is 4.98 Å². The van der Waals surface area contributed by atoms with Crippen molar-refractivity contribution in [1.82, 2.24) is 9.97 Å². The Morgan fingerprint density at radius 3 is 2.76 bits per heavy atom. The number of rotatable bonds is 2. The van der Waals surface area contributed by atoms with Crippen molar-refractivity contribution < 1.29 is 9.18 Å². The van der Waals surface area contributed by atoms with E-state index < -0.39 is 11.9 Å². The summed E-state index contributed by atoms with van der Waals surface area (Å²) in [5.41, 5.74) is 0.172. The fraction of sp³-hybridized carbons (Fsp3) is 0. The maximum atomic E-state index is 12.8. The molecule has 0 saturated heterocycles. The number of amides is 1. The number of carbonyl (C=O) groups is 1. The van der Waals surface area contributed by atoms with Crippen LogP contribution in [0.2, 0.25) is 10.2 Å². The highest BCUT2D eigenvalue weighted by molar-refractivity contribution is 6.41. The smallest absolute Gasteiger partial charge is 0.273 e. The van der Waals surface area contributed by atoms with Gasteiger partial charge in [0.2, 0.25) is 5.95 Å². The van der Waals surface area contributed by atoms with Gasteiger partial charge in [-0.1, -0.05) is 29.3 Å². The van der Waals surface area contributed by atoms with Gasteiger partial charge in [0.1, 0.15) is 16.7 Å². The van der Waals surface area contributed by atoms with E-state index in [4.69, 9.17) is 23.2 Å². The van der Waals surface area contributed by atoms with E-state index in [0.29, 0.717) is 0 Å². The van der Waals surface area contributed by atoms with Crippen molar-refractivity contribution in [2.45, 2.75) is 0 Å². The van der Waals surface area contributed by atoms with Gasteiger partial charge in [-0.3, -0.25) is 4.79 Å². The van der Waals surface area contributed by atoms with Gasteiger partial charge in [0.05, 0.1) is 5.02 Å². The van der Waals surface area contributed by atoms with Crippen molar-refractivity contribution in [1.29, 1.82) is 0 Å². The Hall–Kier alpha value is -1.59. The molecule has 0 spiro atoms. The monoisotopic (exact) mass is 273 g/mol. The molecular formula is C10H6Cl2FN3O. The average molecular weight is 274 g/mol. The lowest BCUT2D eigenvalue weighted by molar-refractivity contribution is 0.102. The average Bonchev–Trinajstić information content (AvgIpc) is 2.59. The Morgan fingerprint density at radius 2 is 2.18 bits per heavy atom. The quantitative estimate of drug-likeness (QED) is 0.826. The highest BCUT2D eigenvalue weighted by Crippen LogP contribution is 2.22. The molecule has 0 unspecified atom stereocenters. The zero-order chi connectivity index (χ0) is 12.4. The largest absolute Gasteiger partial charge is 0.340 e. The first-order valence-corrected chi connectivity index (χ1v) is 5.30. The zero-order valence-corrected chi connectivity index (χ0v) is 9.81. The lowest BCUT2D eigenvalue weighted by Gasteiger charge is -2.01. The Balaban J connectivity index is 2.17. The minimum Gasteiger partial charge on any atom is -0.340 e. The van der Waals surface area contributed by atoms with Crippen LogP contribution in [0.4, 0.5) is 10.2 Å². The predicted octanol–water partition coefficient (Wildman–Crippen LogP) is 3.11.